The lowest BCUT2D eigenvalue weighted by Crippen LogP contribution is -2.41. The first-order chi connectivity index (χ1) is 18.2. The Morgan fingerprint density at radius 1 is 0.838 bits per heavy atom. The summed E-state index contributed by atoms with van der Waals surface area (Å²) in [5.74, 6) is 1.33. The van der Waals surface area contributed by atoms with Gasteiger partial charge in [0, 0.05) is 37.1 Å². The van der Waals surface area contributed by atoms with Crippen molar-refractivity contribution < 1.29 is 9.13 Å². The molecular weight excluding hydrogens is 465 g/mol. The molecule has 5 aromatic rings. The SMILES string of the molecule is Fc1ccc(Cn2c(NC3CCN(CCOc4ccc5ccccc5n4)CC3)nc3ccccc32)cc1. The zero-order valence-corrected chi connectivity index (χ0v) is 20.7. The molecule has 6 nitrogen and oxygen atoms in total. The molecule has 1 fully saturated rings. The molecule has 3 aromatic carbocycles. The lowest BCUT2D eigenvalue weighted by Gasteiger charge is -2.32. The Morgan fingerprint density at radius 3 is 2.43 bits per heavy atom. The number of hydrogen-bond acceptors (Lipinski definition) is 5. The van der Waals surface area contributed by atoms with Crippen LogP contribution < -0.4 is 10.1 Å². The molecule has 7 heteroatoms. The first-order valence-corrected chi connectivity index (χ1v) is 12.9. The van der Waals surface area contributed by atoms with Gasteiger partial charge in [0.05, 0.1) is 23.1 Å². The molecule has 6 rings (SSSR count). The number of rotatable bonds is 8. The summed E-state index contributed by atoms with van der Waals surface area (Å²) in [4.78, 5) is 11.9. The normalized spacial score (nSPS) is 14.8. The molecule has 0 amide bonds. The highest BCUT2D eigenvalue weighted by Gasteiger charge is 2.21. The molecule has 188 valence electrons. The van der Waals surface area contributed by atoms with Crippen LogP contribution in [0.3, 0.4) is 0 Å². The molecule has 0 atom stereocenters. The van der Waals surface area contributed by atoms with Crippen LogP contribution in [0.2, 0.25) is 0 Å². The van der Waals surface area contributed by atoms with E-state index in [0.717, 1.165) is 65.9 Å². The van der Waals surface area contributed by atoms with E-state index in [4.69, 9.17) is 9.72 Å². The number of para-hydroxylation sites is 3. The van der Waals surface area contributed by atoms with Crippen LogP contribution in [-0.4, -0.2) is 51.7 Å². The fraction of sp³-hybridized carbons (Fsp3) is 0.267. The second-order valence-electron chi connectivity index (χ2n) is 9.59. The lowest BCUT2D eigenvalue weighted by molar-refractivity contribution is 0.175. The Hall–Kier alpha value is -3.97. The number of fused-ring (bicyclic) bond motifs is 2. The molecule has 1 aliphatic heterocycles. The van der Waals surface area contributed by atoms with Gasteiger partial charge >= 0.3 is 0 Å². The molecule has 1 aliphatic rings. The average Bonchev–Trinajstić information content (AvgIpc) is 3.27. The molecule has 1 saturated heterocycles. The van der Waals surface area contributed by atoms with Gasteiger partial charge in [0.25, 0.3) is 0 Å². The molecule has 0 spiro atoms. The monoisotopic (exact) mass is 495 g/mol. The minimum atomic E-state index is -0.219. The third-order valence-corrected chi connectivity index (χ3v) is 7.06. The van der Waals surface area contributed by atoms with Crippen molar-refractivity contribution in [3.8, 4) is 5.88 Å². The molecule has 3 heterocycles. The van der Waals surface area contributed by atoms with Crippen LogP contribution in [-0.2, 0) is 6.54 Å². The zero-order chi connectivity index (χ0) is 25.0. The van der Waals surface area contributed by atoms with Crippen molar-refractivity contribution in [1.82, 2.24) is 19.4 Å². The zero-order valence-electron chi connectivity index (χ0n) is 20.7. The molecule has 0 radical (unpaired) electrons. The van der Waals surface area contributed by atoms with Gasteiger partial charge in [-0.25, -0.2) is 14.4 Å². The summed E-state index contributed by atoms with van der Waals surface area (Å²) in [7, 11) is 0. The van der Waals surface area contributed by atoms with E-state index in [0.29, 0.717) is 25.1 Å². The van der Waals surface area contributed by atoms with E-state index in [2.05, 4.69) is 38.0 Å². The van der Waals surface area contributed by atoms with Gasteiger partial charge in [-0.2, -0.15) is 0 Å². The van der Waals surface area contributed by atoms with Gasteiger partial charge < -0.3 is 14.6 Å². The quantitative estimate of drug-likeness (QED) is 0.298. The lowest BCUT2D eigenvalue weighted by atomic mass is 10.1. The maximum Gasteiger partial charge on any atom is 0.213 e. The minimum absolute atomic E-state index is 0.219. The van der Waals surface area contributed by atoms with E-state index in [-0.39, 0.29) is 5.82 Å². The Bertz CT molecular complexity index is 1490. The third-order valence-electron chi connectivity index (χ3n) is 7.06. The topological polar surface area (TPSA) is 55.2 Å². The summed E-state index contributed by atoms with van der Waals surface area (Å²) in [6.07, 6.45) is 2.07. The fourth-order valence-corrected chi connectivity index (χ4v) is 5.01. The van der Waals surface area contributed by atoms with E-state index < -0.39 is 0 Å². The van der Waals surface area contributed by atoms with Crippen LogP contribution in [0.4, 0.5) is 10.3 Å². The van der Waals surface area contributed by atoms with E-state index in [1.165, 1.54) is 12.1 Å². The number of nitrogens with zero attached hydrogens (tertiary/aromatic N) is 4. The number of nitrogens with one attached hydrogen (secondary N) is 1. The Labute approximate surface area is 215 Å². The van der Waals surface area contributed by atoms with Crippen molar-refractivity contribution in [3.05, 3.63) is 96.3 Å². The average molecular weight is 496 g/mol. The molecule has 1 N–H and O–H groups in total. The highest BCUT2D eigenvalue weighted by atomic mass is 19.1. The molecule has 37 heavy (non-hydrogen) atoms. The number of imidazole rings is 1. The number of likely N-dealkylation sites (tertiary alicyclic amines) is 1. The van der Waals surface area contributed by atoms with E-state index in [1.807, 2.05) is 54.6 Å². The Balaban J connectivity index is 1.05. The summed E-state index contributed by atoms with van der Waals surface area (Å²) in [6.45, 7) is 4.15. The highest BCUT2D eigenvalue weighted by molar-refractivity contribution is 5.79. The molecular formula is C30H30FN5O. The molecule has 2 aromatic heterocycles. The maximum absolute atomic E-state index is 13.4. The number of halogens is 1. The van der Waals surface area contributed by atoms with Gasteiger partial charge in [-0.05, 0) is 54.8 Å². The maximum atomic E-state index is 13.4. The number of hydrogen-bond donors (Lipinski definition) is 1. The largest absolute Gasteiger partial charge is 0.476 e. The highest BCUT2D eigenvalue weighted by Crippen LogP contribution is 2.24. The van der Waals surface area contributed by atoms with Crippen molar-refractivity contribution in [2.75, 3.05) is 31.6 Å². The minimum Gasteiger partial charge on any atom is -0.476 e. The van der Waals surface area contributed by atoms with Crippen LogP contribution in [0.15, 0.2) is 84.9 Å². The van der Waals surface area contributed by atoms with Gasteiger partial charge in [0.15, 0.2) is 0 Å². The number of pyridine rings is 1. The third kappa shape index (κ3) is 5.42. The van der Waals surface area contributed by atoms with Crippen LogP contribution in [0, 0.1) is 5.82 Å². The van der Waals surface area contributed by atoms with Crippen molar-refractivity contribution in [2.45, 2.75) is 25.4 Å². The first kappa shape index (κ1) is 23.4. The molecule has 0 saturated carbocycles. The summed E-state index contributed by atoms with van der Waals surface area (Å²) in [6, 6.07) is 27.3. The smallest absolute Gasteiger partial charge is 0.213 e. The predicted molar refractivity (Wildman–Crippen MR) is 146 cm³/mol. The standard InChI is InChI=1S/C30H30FN5O/c31-24-12-9-22(10-13-24)21-36-28-8-4-3-7-27(28)34-30(36)32-25-15-17-35(18-16-25)19-20-37-29-14-11-23-5-1-2-6-26(23)33-29/h1-14,25H,15-21H2,(H,32,34). The van der Waals surface area contributed by atoms with Gasteiger partial charge in [-0.15, -0.1) is 0 Å². The van der Waals surface area contributed by atoms with Crippen molar-refractivity contribution >= 4 is 27.9 Å². The number of benzene rings is 3. The van der Waals surface area contributed by atoms with E-state index in [9.17, 15) is 4.39 Å². The Kier molecular flexibility index (Phi) is 6.69. The second-order valence-corrected chi connectivity index (χ2v) is 9.59. The summed E-state index contributed by atoms with van der Waals surface area (Å²) < 4.78 is 21.6. The first-order valence-electron chi connectivity index (χ1n) is 12.9. The molecule has 0 aliphatic carbocycles. The summed E-state index contributed by atoms with van der Waals surface area (Å²) in [5, 5.41) is 4.82. The van der Waals surface area contributed by atoms with Crippen LogP contribution in [0.5, 0.6) is 5.88 Å². The predicted octanol–water partition coefficient (Wildman–Crippen LogP) is 5.73. The second kappa shape index (κ2) is 10.6. The van der Waals surface area contributed by atoms with E-state index >= 15 is 0 Å². The summed E-state index contributed by atoms with van der Waals surface area (Å²) in [5.41, 5.74) is 4.04. The van der Waals surface area contributed by atoms with Crippen molar-refractivity contribution in [3.63, 3.8) is 0 Å². The van der Waals surface area contributed by atoms with Crippen molar-refractivity contribution in [1.29, 1.82) is 0 Å². The van der Waals surface area contributed by atoms with Crippen LogP contribution >= 0.6 is 0 Å². The van der Waals surface area contributed by atoms with Gasteiger partial charge in [-0.1, -0.05) is 42.5 Å². The number of anilines is 1. The van der Waals surface area contributed by atoms with E-state index in [1.54, 1.807) is 0 Å². The Morgan fingerprint density at radius 2 is 1.59 bits per heavy atom. The molecule has 0 bridgehead atoms. The van der Waals surface area contributed by atoms with Crippen molar-refractivity contribution in [2.24, 2.45) is 0 Å². The van der Waals surface area contributed by atoms with Crippen LogP contribution in [0.25, 0.3) is 21.9 Å². The summed E-state index contributed by atoms with van der Waals surface area (Å²) >= 11 is 0. The molecule has 0 unspecified atom stereocenters. The van der Waals surface area contributed by atoms with Gasteiger partial charge in [0.1, 0.15) is 12.4 Å². The van der Waals surface area contributed by atoms with Gasteiger partial charge in [0.2, 0.25) is 11.8 Å². The number of ether oxygens (including phenoxy) is 1. The van der Waals surface area contributed by atoms with Gasteiger partial charge in [-0.3, -0.25) is 4.90 Å². The number of piperidine rings is 1. The number of aromatic nitrogens is 3. The van der Waals surface area contributed by atoms with Crippen LogP contribution in [0.1, 0.15) is 18.4 Å². The fourth-order valence-electron chi connectivity index (χ4n) is 5.01.